The van der Waals surface area contributed by atoms with Crippen molar-refractivity contribution in [3.63, 3.8) is 0 Å². The summed E-state index contributed by atoms with van der Waals surface area (Å²) in [6.07, 6.45) is 17.3. The van der Waals surface area contributed by atoms with Crippen LogP contribution in [0.2, 0.25) is 0 Å². The molecule has 2 nitrogen and oxygen atoms in total. The van der Waals surface area contributed by atoms with Crippen molar-refractivity contribution in [1.82, 2.24) is 9.38 Å². The minimum absolute atomic E-state index is 0.882. The lowest BCUT2D eigenvalue weighted by Gasteiger charge is -2.13. The van der Waals surface area contributed by atoms with E-state index < -0.39 is 0 Å². The molecule has 186 valence electrons. The topological polar surface area (TPSA) is 17.3 Å². The van der Waals surface area contributed by atoms with Gasteiger partial charge in [0.05, 0.1) is 5.69 Å². The lowest BCUT2D eigenvalue weighted by molar-refractivity contribution is 1.19. The summed E-state index contributed by atoms with van der Waals surface area (Å²) >= 11 is 0. The maximum Gasteiger partial charge on any atom is 0.137 e. The highest BCUT2D eigenvalue weighted by molar-refractivity contribution is 5.92. The van der Waals surface area contributed by atoms with Gasteiger partial charge in [-0.1, -0.05) is 121 Å². The SMILES string of the molecule is C1=C\C/C(c2ccc(-c3cn4cc(-c5ccccc5)ccc4n3)cc2)=C\c2ccc3ccccc3c2C\C=C/1. The highest BCUT2D eigenvalue weighted by atomic mass is 15.0. The van der Waals surface area contributed by atoms with Gasteiger partial charge in [0.15, 0.2) is 0 Å². The van der Waals surface area contributed by atoms with Gasteiger partial charge in [-0.15, -0.1) is 0 Å². The molecule has 0 bridgehead atoms. The van der Waals surface area contributed by atoms with Crippen molar-refractivity contribution in [2.75, 3.05) is 0 Å². The molecule has 0 spiro atoms. The largest absolute Gasteiger partial charge is 0.306 e. The highest BCUT2D eigenvalue weighted by Gasteiger charge is 2.10. The van der Waals surface area contributed by atoms with E-state index in [9.17, 15) is 0 Å². The minimum atomic E-state index is 0.882. The number of hydrogen-bond acceptors (Lipinski definition) is 1. The van der Waals surface area contributed by atoms with E-state index in [-0.39, 0.29) is 0 Å². The fourth-order valence-corrected chi connectivity index (χ4v) is 5.49. The number of hydrogen-bond donors (Lipinski definition) is 0. The van der Waals surface area contributed by atoms with E-state index in [1.54, 1.807) is 0 Å². The van der Waals surface area contributed by atoms with Crippen molar-refractivity contribution in [3.05, 3.63) is 157 Å². The molecule has 7 rings (SSSR count). The van der Waals surface area contributed by atoms with Gasteiger partial charge in [0, 0.05) is 18.0 Å². The van der Waals surface area contributed by atoms with E-state index in [2.05, 4.69) is 144 Å². The Hall–Kier alpha value is -4.95. The van der Waals surface area contributed by atoms with E-state index in [1.165, 1.54) is 44.2 Å². The van der Waals surface area contributed by atoms with E-state index in [4.69, 9.17) is 4.98 Å². The summed E-state index contributed by atoms with van der Waals surface area (Å²) in [5.41, 5.74) is 10.7. The molecule has 0 radical (unpaired) electrons. The van der Waals surface area contributed by atoms with Gasteiger partial charge in [0.25, 0.3) is 0 Å². The average Bonchev–Trinajstić information content (AvgIpc) is 3.43. The molecule has 0 fully saturated rings. The molecular weight excluding hydrogens is 472 g/mol. The summed E-state index contributed by atoms with van der Waals surface area (Å²) in [7, 11) is 0. The second kappa shape index (κ2) is 10.1. The van der Waals surface area contributed by atoms with Crippen molar-refractivity contribution < 1.29 is 0 Å². The quantitative estimate of drug-likeness (QED) is 0.237. The first-order valence-corrected chi connectivity index (χ1v) is 13.5. The zero-order valence-corrected chi connectivity index (χ0v) is 21.7. The predicted molar refractivity (Wildman–Crippen MR) is 164 cm³/mol. The van der Waals surface area contributed by atoms with Gasteiger partial charge in [-0.3, -0.25) is 0 Å². The van der Waals surface area contributed by atoms with Gasteiger partial charge in [0.1, 0.15) is 5.65 Å². The first-order valence-electron chi connectivity index (χ1n) is 13.5. The van der Waals surface area contributed by atoms with Crippen molar-refractivity contribution in [3.8, 4) is 22.4 Å². The Balaban J connectivity index is 1.23. The third-order valence-electron chi connectivity index (χ3n) is 7.56. The average molecular weight is 501 g/mol. The summed E-state index contributed by atoms with van der Waals surface area (Å²) in [6, 6.07) is 36.7. The third-order valence-corrected chi connectivity index (χ3v) is 7.56. The Morgan fingerprint density at radius 3 is 2.18 bits per heavy atom. The number of pyridine rings is 1. The molecule has 6 aromatic rings. The number of nitrogens with zero attached hydrogens (tertiary/aromatic N) is 2. The van der Waals surface area contributed by atoms with E-state index in [1.807, 2.05) is 6.07 Å². The normalized spacial score (nSPS) is 16.4. The van der Waals surface area contributed by atoms with Crippen LogP contribution < -0.4 is 0 Å². The number of imidazole rings is 1. The Morgan fingerprint density at radius 1 is 0.564 bits per heavy atom. The van der Waals surface area contributed by atoms with Gasteiger partial charge in [-0.25, -0.2) is 4.98 Å². The Labute approximate surface area is 228 Å². The number of benzene rings is 4. The molecule has 0 aliphatic heterocycles. The number of fused-ring (bicyclic) bond motifs is 4. The molecule has 39 heavy (non-hydrogen) atoms. The molecule has 0 saturated heterocycles. The molecule has 2 heterocycles. The Bertz CT molecular complexity index is 1880. The maximum absolute atomic E-state index is 4.90. The van der Waals surface area contributed by atoms with Crippen LogP contribution >= 0.6 is 0 Å². The van der Waals surface area contributed by atoms with Gasteiger partial charge < -0.3 is 4.40 Å². The first-order chi connectivity index (χ1) is 19.3. The molecule has 2 heteroatoms. The molecule has 0 atom stereocenters. The van der Waals surface area contributed by atoms with Crippen molar-refractivity contribution >= 4 is 28.1 Å². The fourth-order valence-electron chi connectivity index (χ4n) is 5.49. The van der Waals surface area contributed by atoms with Gasteiger partial charge >= 0.3 is 0 Å². The van der Waals surface area contributed by atoms with Crippen molar-refractivity contribution in [2.45, 2.75) is 12.8 Å². The van der Waals surface area contributed by atoms with Crippen LogP contribution in [-0.4, -0.2) is 9.38 Å². The van der Waals surface area contributed by atoms with Gasteiger partial charge in [-0.2, -0.15) is 0 Å². The van der Waals surface area contributed by atoms with Gasteiger partial charge in [-0.05, 0) is 69.1 Å². The summed E-state index contributed by atoms with van der Waals surface area (Å²) in [6.45, 7) is 0. The number of rotatable bonds is 3. The number of allylic oxidation sites excluding steroid dienone is 5. The maximum atomic E-state index is 4.90. The van der Waals surface area contributed by atoms with Crippen LogP contribution in [0.1, 0.15) is 23.1 Å². The van der Waals surface area contributed by atoms with Crippen LogP contribution in [0.3, 0.4) is 0 Å². The fraction of sp³-hybridized carbons (Fsp3) is 0.0541. The molecule has 0 unspecified atom stereocenters. The Kier molecular flexibility index (Phi) is 5.99. The predicted octanol–water partition coefficient (Wildman–Crippen LogP) is 9.42. The standard InChI is InChI=1S/C37H28N2/c1-2-7-14-35-32(21-18-29-12-8-9-15-34(29)35)24-31(13-4-1)28-16-19-30(20-17-28)36-26-39-25-33(22-23-37(39)38-36)27-10-5-3-6-11-27/h1-12,15-26H,13-14H2/b4-1-,7-2-,31-24+. The van der Waals surface area contributed by atoms with Gasteiger partial charge in [0.2, 0.25) is 0 Å². The molecule has 0 saturated carbocycles. The molecule has 1 aliphatic rings. The van der Waals surface area contributed by atoms with Crippen LogP contribution in [0, 0.1) is 0 Å². The van der Waals surface area contributed by atoms with Crippen LogP contribution in [-0.2, 0) is 6.42 Å². The van der Waals surface area contributed by atoms with Crippen molar-refractivity contribution in [1.29, 1.82) is 0 Å². The smallest absolute Gasteiger partial charge is 0.137 e. The zero-order chi connectivity index (χ0) is 26.0. The molecular formula is C37H28N2. The highest BCUT2D eigenvalue weighted by Crippen LogP contribution is 2.31. The zero-order valence-electron chi connectivity index (χ0n) is 21.7. The van der Waals surface area contributed by atoms with Crippen LogP contribution in [0.15, 0.2) is 140 Å². The van der Waals surface area contributed by atoms with Crippen LogP contribution in [0.4, 0.5) is 0 Å². The first kappa shape index (κ1) is 23.2. The van der Waals surface area contributed by atoms with Crippen molar-refractivity contribution in [2.24, 2.45) is 0 Å². The Morgan fingerprint density at radius 2 is 1.31 bits per heavy atom. The summed E-state index contributed by atoms with van der Waals surface area (Å²) in [5, 5.41) is 2.62. The third kappa shape index (κ3) is 4.62. The minimum Gasteiger partial charge on any atom is -0.306 e. The van der Waals surface area contributed by atoms with Crippen LogP contribution in [0.5, 0.6) is 0 Å². The van der Waals surface area contributed by atoms with E-state index >= 15 is 0 Å². The second-order valence-corrected chi connectivity index (χ2v) is 10.0. The lowest BCUT2D eigenvalue weighted by atomic mass is 9.92. The molecule has 0 N–H and O–H groups in total. The summed E-state index contributed by atoms with van der Waals surface area (Å²) < 4.78 is 2.12. The molecule has 4 aromatic carbocycles. The molecule has 1 aliphatic carbocycles. The number of aromatic nitrogens is 2. The van der Waals surface area contributed by atoms with Crippen LogP contribution in [0.25, 0.3) is 50.5 Å². The summed E-state index contributed by atoms with van der Waals surface area (Å²) in [4.78, 5) is 4.90. The second-order valence-electron chi connectivity index (χ2n) is 10.0. The van der Waals surface area contributed by atoms with E-state index in [0.717, 1.165) is 29.7 Å². The lowest BCUT2D eigenvalue weighted by Crippen LogP contribution is -1.93. The summed E-state index contributed by atoms with van der Waals surface area (Å²) in [5.74, 6) is 0. The molecule has 0 amide bonds. The monoisotopic (exact) mass is 500 g/mol. The molecule has 2 aromatic heterocycles. The van der Waals surface area contributed by atoms with E-state index in [0.29, 0.717) is 0 Å².